The lowest BCUT2D eigenvalue weighted by Gasteiger charge is -2.47. The average Bonchev–Trinajstić information content (AvgIpc) is 3.03. The number of hydrogen-bond donors (Lipinski definition) is 10. The van der Waals surface area contributed by atoms with Crippen LogP contribution in [0.1, 0.15) is 13.3 Å². The maximum Gasteiger partial charge on any atom is 0.187 e. The highest BCUT2D eigenvalue weighted by atomic mass is 16.7. The van der Waals surface area contributed by atoms with E-state index >= 15 is 0 Å². The molecule has 2 saturated heterocycles. The summed E-state index contributed by atoms with van der Waals surface area (Å²) in [5.74, 6) is 0. The molecule has 2 heterocycles. The second-order valence-corrected chi connectivity index (χ2v) is 8.85. The van der Waals surface area contributed by atoms with Crippen LogP contribution in [0.4, 0.5) is 0 Å². The summed E-state index contributed by atoms with van der Waals surface area (Å²) in [6, 6.07) is -3.39. The van der Waals surface area contributed by atoms with E-state index in [-0.39, 0.29) is 6.42 Å². The van der Waals surface area contributed by atoms with Crippen molar-refractivity contribution in [1.29, 1.82) is 0 Å². The van der Waals surface area contributed by atoms with Crippen LogP contribution in [0.3, 0.4) is 0 Å². The molecule has 0 aromatic carbocycles. The van der Waals surface area contributed by atoms with E-state index in [9.17, 15) is 30.6 Å². The lowest BCUT2D eigenvalue weighted by atomic mass is 9.84. The fraction of sp³-hybridized carbons (Fsp3) is 1.00. The van der Waals surface area contributed by atoms with Crippen LogP contribution in [0, 0.1) is 0 Å². The first-order chi connectivity index (χ1) is 15.0. The first-order valence-corrected chi connectivity index (χ1v) is 10.6. The van der Waals surface area contributed by atoms with Crippen LogP contribution in [-0.2, 0) is 18.9 Å². The molecule has 3 rings (SSSR count). The van der Waals surface area contributed by atoms with Crippen molar-refractivity contribution in [3.63, 3.8) is 0 Å². The first-order valence-electron chi connectivity index (χ1n) is 10.6. The van der Waals surface area contributed by atoms with E-state index in [1.807, 2.05) is 0 Å². The van der Waals surface area contributed by atoms with Gasteiger partial charge in [0.05, 0.1) is 18.8 Å². The molecule has 0 amide bonds. The Morgan fingerprint density at radius 1 is 0.812 bits per heavy atom. The van der Waals surface area contributed by atoms with E-state index < -0.39 is 98.3 Å². The molecule has 1 saturated carbocycles. The van der Waals surface area contributed by atoms with E-state index in [0.29, 0.717) is 0 Å². The van der Waals surface area contributed by atoms with Gasteiger partial charge in [-0.25, -0.2) is 0 Å². The van der Waals surface area contributed by atoms with Gasteiger partial charge in [0.15, 0.2) is 12.6 Å². The van der Waals surface area contributed by atoms with Gasteiger partial charge in [0.1, 0.15) is 48.8 Å². The topological polar surface area (TPSA) is 262 Å². The predicted octanol–water partition coefficient (Wildman–Crippen LogP) is -6.26. The van der Waals surface area contributed by atoms with E-state index in [1.54, 1.807) is 6.92 Å². The number of aliphatic hydroxyl groups is 6. The van der Waals surface area contributed by atoms with E-state index in [0.717, 1.165) is 0 Å². The van der Waals surface area contributed by atoms with Gasteiger partial charge in [-0.3, -0.25) is 0 Å². The van der Waals surface area contributed by atoms with Crippen LogP contribution in [0.5, 0.6) is 0 Å². The molecule has 0 bridgehead atoms. The summed E-state index contributed by atoms with van der Waals surface area (Å²) in [5, 5.41) is 60.8. The van der Waals surface area contributed by atoms with Gasteiger partial charge >= 0.3 is 0 Å². The van der Waals surface area contributed by atoms with Gasteiger partial charge in [-0.05, 0) is 13.3 Å². The molecule has 0 aromatic heterocycles. The van der Waals surface area contributed by atoms with Gasteiger partial charge in [0, 0.05) is 18.1 Å². The maximum atomic E-state index is 10.7. The van der Waals surface area contributed by atoms with Crippen molar-refractivity contribution >= 4 is 0 Å². The fourth-order valence-electron chi connectivity index (χ4n) is 4.36. The monoisotopic (exact) mass is 468 g/mol. The molecule has 1 aliphatic carbocycles. The summed E-state index contributed by atoms with van der Waals surface area (Å²) >= 11 is 0. The summed E-state index contributed by atoms with van der Waals surface area (Å²) in [7, 11) is 0. The molecule has 14 N–H and O–H groups in total. The van der Waals surface area contributed by atoms with Gasteiger partial charge in [-0.15, -0.1) is 0 Å². The molecule has 6 unspecified atom stereocenters. The van der Waals surface area contributed by atoms with Crippen LogP contribution < -0.4 is 22.9 Å². The highest BCUT2D eigenvalue weighted by molar-refractivity contribution is 5.01. The highest BCUT2D eigenvalue weighted by Gasteiger charge is 2.52. The van der Waals surface area contributed by atoms with Crippen LogP contribution in [0.15, 0.2) is 0 Å². The highest BCUT2D eigenvalue weighted by Crippen LogP contribution is 2.32. The van der Waals surface area contributed by atoms with Gasteiger partial charge in [0.2, 0.25) is 0 Å². The Morgan fingerprint density at radius 3 is 2.00 bits per heavy atom. The van der Waals surface area contributed by atoms with Crippen molar-refractivity contribution in [2.24, 2.45) is 22.9 Å². The molecule has 0 radical (unpaired) electrons. The molecule has 188 valence electrons. The molecule has 0 aromatic rings. The minimum Gasteiger partial charge on any atom is -0.394 e. The fourth-order valence-corrected chi connectivity index (χ4v) is 4.36. The molecule has 15 atom stereocenters. The van der Waals surface area contributed by atoms with Crippen LogP contribution in [0.2, 0.25) is 0 Å². The van der Waals surface area contributed by atoms with Crippen molar-refractivity contribution in [2.45, 2.75) is 105 Å². The zero-order chi connectivity index (χ0) is 23.9. The Kier molecular flexibility index (Phi) is 8.44. The van der Waals surface area contributed by atoms with Crippen molar-refractivity contribution in [2.75, 3.05) is 6.61 Å². The molecule has 3 aliphatic rings. The summed E-state index contributed by atoms with van der Waals surface area (Å²) in [6.07, 6.45) is -13.9. The standard InChI is InChI=1S/C18H36N4O10/c1-4(19)14-12(27)13(28)18(30-14)32-16-9(24)5(20)2-6(21)15(16)31-17-8(22)11(26)10(25)7(3-23)29-17/h4-18,23-28H,2-3,19-22H2,1H3/t4-,5-,6?,7?,8?,9-,10-,11?,12?,13+,14-,15-,16?,17-,18+/m1/s1. The Bertz CT molecular complexity index is 618. The van der Waals surface area contributed by atoms with E-state index in [2.05, 4.69) is 0 Å². The normalized spacial score (nSPS) is 53.3. The minimum absolute atomic E-state index is 0.140. The van der Waals surface area contributed by atoms with Gasteiger partial charge < -0.3 is 72.5 Å². The zero-order valence-corrected chi connectivity index (χ0v) is 17.7. The lowest BCUT2D eigenvalue weighted by molar-refractivity contribution is -0.310. The smallest absolute Gasteiger partial charge is 0.187 e. The second-order valence-electron chi connectivity index (χ2n) is 8.85. The summed E-state index contributed by atoms with van der Waals surface area (Å²) in [5.41, 5.74) is 23.9. The van der Waals surface area contributed by atoms with Crippen LogP contribution in [-0.4, -0.2) is 129 Å². The number of ether oxygens (including phenoxy) is 4. The Balaban J connectivity index is 1.78. The Hall–Kier alpha value is -0.560. The number of rotatable bonds is 6. The number of aliphatic hydroxyl groups excluding tert-OH is 6. The molecular formula is C18H36N4O10. The van der Waals surface area contributed by atoms with Gasteiger partial charge in [-0.1, -0.05) is 0 Å². The SMILES string of the molecule is C[C@@H](N)[C@H]1O[C@@H](OC2[C@H](O[C@H]3OC(CO)[C@@H](O)C(O)C3N)C(N)C[C@@H](N)[C@H]2O)[C@@H](O)C1O. The molecule has 2 aliphatic heterocycles. The maximum absolute atomic E-state index is 10.7. The third-order valence-electron chi connectivity index (χ3n) is 6.35. The van der Waals surface area contributed by atoms with Crippen molar-refractivity contribution < 1.29 is 49.6 Å². The molecule has 14 heteroatoms. The molecule has 3 fully saturated rings. The summed E-state index contributed by atoms with van der Waals surface area (Å²) in [6.45, 7) is 0.989. The third kappa shape index (κ3) is 4.94. The summed E-state index contributed by atoms with van der Waals surface area (Å²) in [4.78, 5) is 0. The van der Waals surface area contributed by atoms with Crippen LogP contribution in [0.25, 0.3) is 0 Å². The third-order valence-corrected chi connectivity index (χ3v) is 6.35. The molecular weight excluding hydrogens is 432 g/mol. The number of nitrogens with two attached hydrogens (primary N) is 4. The van der Waals surface area contributed by atoms with Crippen molar-refractivity contribution in [3.8, 4) is 0 Å². The van der Waals surface area contributed by atoms with Gasteiger partial charge in [-0.2, -0.15) is 0 Å². The predicted molar refractivity (Wildman–Crippen MR) is 106 cm³/mol. The lowest BCUT2D eigenvalue weighted by Crippen LogP contribution is -2.68. The van der Waals surface area contributed by atoms with E-state index in [1.165, 1.54) is 0 Å². The first kappa shape index (κ1) is 26.1. The second kappa shape index (κ2) is 10.4. The zero-order valence-electron chi connectivity index (χ0n) is 17.7. The largest absolute Gasteiger partial charge is 0.394 e. The quantitative estimate of drug-likeness (QED) is 0.174. The molecule has 14 nitrogen and oxygen atoms in total. The van der Waals surface area contributed by atoms with Crippen molar-refractivity contribution in [3.05, 3.63) is 0 Å². The van der Waals surface area contributed by atoms with E-state index in [4.69, 9.17) is 41.9 Å². The van der Waals surface area contributed by atoms with Gasteiger partial charge in [0.25, 0.3) is 0 Å². The Labute approximate surface area is 185 Å². The molecule has 0 spiro atoms. The van der Waals surface area contributed by atoms with Crippen LogP contribution >= 0.6 is 0 Å². The average molecular weight is 469 g/mol. The van der Waals surface area contributed by atoms with Crippen molar-refractivity contribution in [1.82, 2.24) is 0 Å². The minimum atomic E-state index is -1.46. The number of hydrogen-bond acceptors (Lipinski definition) is 14. The molecule has 32 heavy (non-hydrogen) atoms. The summed E-state index contributed by atoms with van der Waals surface area (Å²) < 4.78 is 22.7. The Morgan fingerprint density at radius 2 is 1.44 bits per heavy atom.